The second kappa shape index (κ2) is 4.66. The number of benzene rings is 2. The Hall–Kier alpha value is -2.47. The van der Waals surface area contributed by atoms with Crippen LogP contribution in [-0.4, -0.2) is 6.54 Å². The van der Waals surface area contributed by atoms with Gasteiger partial charge in [-0.05, 0) is 41.8 Å². The van der Waals surface area contributed by atoms with E-state index in [1.807, 2.05) is 36.4 Å². The van der Waals surface area contributed by atoms with E-state index in [9.17, 15) is 0 Å². The molecule has 2 aromatic carbocycles. The number of nitrogens with zero attached hydrogens (tertiary/aromatic N) is 2. The zero-order valence-corrected chi connectivity index (χ0v) is 10.6. The van der Waals surface area contributed by atoms with Crippen LogP contribution in [-0.2, 0) is 13.0 Å². The number of nitrogens with two attached hydrogens (primary N) is 1. The first-order valence-corrected chi connectivity index (χ1v) is 6.39. The fourth-order valence-electron chi connectivity index (χ4n) is 2.63. The number of anilines is 2. The van der Waals surface area contributed by atoms with Gasteiger partial charge in [-0.25, -0.2) is 0 Å². The molecular formula is C16H15N3. The zero-order chi connectivity index (χ0) is 13.2. The van der Waals surface area contributed by atoms with Crippen molar-refractivity contribution in [2.75, 3.05) is 17.2 Å². The summed E-state index contributed by atoms with van der Waals surface area (Å²) in [4.78, 5) is 2.31. The SMILES string of the molecule is N#Cc1ccccc1CN1CCc2cc(N)ccc21. The Bertz CT molecular complexity index is 655. The summed E-state index contributed by atoms with van der Waals surface area (Å²) in [5.41, 5.74) is 11.0. The maximum atomic E-state index is 9.14. The molecule has 1 aliphatic rings. The van der Waals surface area contributed by atoms with Crippen molar-refractivity contribution in [3.8, 4) is 6.07 Å². The van der Waals surface area contributed by atoms with Gasteiger partial charge in [-0.1, -0.05) is 18.2 Å². The molecule has 0 atom stereocenters. The Labute approximate surface area is 112 Å². The maximum absolute atomic E-state index is 9.14. The first-order chi connectivity index (χ1) is 9.28. The highest BCUT2D eigenvalue weighted by Crippen LogP contribution is 2.31. The van der Waals surface area contributed by atoms with E-state index in [4.69, 9.17) is 11.0 Å². The quantitative estimate of drug-likeness (QED) is 0.832. The van der Waals surface area contributed by atoms with Crippen LogP contribution in [0.1, 0.15) is 16.7 Å². The summed E-state index contributed by atoms with van der Waals surface area (Å²) in [6.07, 6.45) is 1.02. The van der Waals surface area contributed by atoms with Gasteiger partial charge in [0.25, 0.3) is 0 Å². The van der Waals surface area contributed by atoms with Crippen molar-refractivity contribution in [3.63, 3.8) is 0 Å². The van der Waals surface area contributed by atoms with Crippen molar-refractivity contribution >= 4 is 11.4 Å². The van der Waals surface area contributed by atoms with Crippen LogP contribution in [0, 0.1) is 11.3 Å². The van der Waals surface area contributed by atoms with Gasteiger partial charge in [-0.15, -0.1) is 0 Å². The first kappa shape index (κ1) is 11.6. The van der Waals surface area contributed by atoms with Crippen LogP contribution >= 0.6 is 0 Å². The summed E-state index contributed by atoms with van der Waals surface area (Å²) in [5, 5.41) is 9.14. The average molecular weight is 249 g/mol. The lowest BCUT2D eigenvalue weighted by molar-refractivity contribution is 0.834. The summed E-state index contributed by atoms with van der Waals surface area (Å²) in [6.45, 7) is 1.76. The second-order valence-electron chi connectivity index (χ2n) is 4.83. The minimum Gasteiger partial charge on any atom is -0.399 e. The third-order valence-corrected chi connectivity index (χ3v) is 3.59. The smallest absolute Gasteiger partial charge is 0.0995 e. The van der Waals surface area contributed by atoms with E-state index in [0.717, 1.165) is 36.3 Å². The second-order valence-corrected chi connectivity index (χ2v) is 4.83. The highest BCUT2D eigenvalue weighted by atomic mass is 15.1. The molecule has 0 aromatic heterocycles. The number of nitriles is 1. The monoisotopic (exact) mass is 249 g/mol. The largest absolute Gasteiger partial charge is 0.399 e. The van der Waals surface area contributed by atoms with Crippen molar-refractivity contribution in [1.82, 2.24) is 0 Å². The summed E-state index contributed by atoms with van der Waals surface area (Å²) >= 11 is 0. The third-order valence-electron chi connectivity index (χ3n) is 3.59. The normalized spacial score (nSPS) is 13.1. The van der Waals surface area contributed by atoms with Gasteiger partial charge in [0, 0.05) is 24.5 Å². The van der Waals surface area contributed by atoms with Crippen LogP contribution in [0.4, 0.5) is 11.4 Å². The zero-order valence-electron chi connectivity index (χ0n) is 10.6. The summed E-state index contributed by atoms with van der Waals surface area (Å²) in [7, 11) is 0. The van der Waals surface area contributed by atoms with Gasteiger partial charge < -0.3 is 10.6 Å². The molecule has 0 bridgehead atoms. The van der Waals surface area contributed by atoms with Gasteiger partial charge in [0.15, 0.2) is 0 Å². The molecule has 0 fully saturated rings. The van der Waals surface area contributed by atoms with Gasteiger partial charge in [0.05, 0.1) is 11.6 Å². The molecule has 2 aromatic rings. The van der Waals surface area contributed by atoms with E-state index in [1.165, 1.54) is 11.3 Å². The molecule has 0 unspecified atom stereocenters. The van der Waals surface area contributed by atoms with Crippen molar-refractivity contribution < 1.29 is 0 Å². The molecule has 3 rings (SSSR count). The molecule has 0 amide bonds. The van der Waals surface area contributed by atoms with E-state index >= 15 is 0 Å². The molecule has 0 spiro atoms. The number of hydrogen-bond donors (Lipinski definition) is 1. The Kier molecular flexibility index (Phi) is 2.85. The maximum Gasteiger partial charge on any atom is 0.0995 e. The molecule has 0 saturated heterocycles. The van der Waals surface area contributed by atoms with E-state index in [0.29, 0.717) is 0 Å². The van der Waals surface area contributed by atoms with Gasteiger partial charge in [0.2, 0.25) is 0 Å². The molecular weight excluding hydrogens is 234 g/mol. The summed E-state index contributed by atoms with van der Waals surface area (Å²) < 4.78 is 0. The van der Waals surface area contributed by atoms with Crippen molar-refractivity contribution in [3.05, 3.63) is 59.2 Å². The molecule has 0 radical (unpaired) electrons. The topological polar surface area (TPSA) is 53.0 Å². The molecule has 0 aliphatic carbocycles. The van der Waals surface area contributed by atoms with E-state index in [1.54, 1.807) is 0 Å². The fraction of sp³-hybridized carbons (Fsp3) is 0.188. The highest BCUT2D eigenvalue weighted by molar-refractivity contribution is 5.63. The van der Waals surface area contributed by atoms with Crippen LogP contribution in [0.25, 0.3) is 0 Å². The van der Waals surface area contributed by atoms with Crippen molar-refractivity contribution in [2.24, 2.45) is 0 Å². The molecule has 1 aliphatic heterocycles. The average Bonchev–Trinajstić information content (AvgIpc) is 2.82. The predicted octanol–water partition coefficient (Wildman–Crippen LogP) is 2.70. The standard InChI is InChI=1S/C16H15N3/c17-10-13-3-1-2-4-14(13)11-19-8-7-12-9-15(18)5-6-16(12)19/h1-6,9H,7-8,11,18H2. The van der Waals surface area contributed by atoms with Crippen LogP contribution in [0.2, 0.25) is 0 Å². The Morgan fingerprint density at radius 2 is 2.05 bits per heavy atom. The molecule has 3 nitrogen and oxygen atoms in total. The van der Waals surface area contributed by atoms with Crippen molar-refractivity contribution in [1.29, 1.82) is 5.26 Å². The first-order valence-electron chi connectivity index (χ1n) is 6.39. The molecule has 1 heterocycles. The third kappa shape index (κ3) is 2.13. The Morgan fingerprint density at radius 1 is 1.21 bits per heavy atom. The number of rotatable bonds is 2. The predicted molar refractivity (Wildman–Crippen MR) is 76.8 cm³/mol. The lowest BCUT2D eigenvalue weighted by Crippen LogP contribution is -2.20. The molecule has 3 heteroatoms. The Morgan fingerprint density at radius 3 is 2.89 bits per heavy atom. The molecule has 19 heavy (non-hydrogen) atoms. The minimum absolute atomic E-state index is 0.756. The summed E-state index contributed by atoms with van der Waals surface area (Å²) in [5.74, 6) is 0. The van der Waals surface area contributed by atoms with Crippen LogP contribution < -0.4 is 10.6 Å². The van der Waals surface area contributed by atoms with Gasteiger partial charge in [-0.3, -0.25) is 0 Å². The number of nitrogen functional groups attached to an aromatic ring is 1. The van der Waals surface area contributed by atoms with Crippen LogP contribution in [0.5, 0.6) is 0 Å². The lowest BCUT2D eigenvalue weighted by atomic mass is 10.1. The van der Waals surface area contributed by atoms with E-state index < -0.39 is 0 Å². The van der Waals surface area contributed by atoms with Gasteiger partial charge >= 0.3 is 0 Å². The number of hydrogen-bond acceptors (Lipinski definition) is 3. The van der Waals surface area contributed by atoms with E-state index in [2.05, 4.69) is 17.0 Å². The summed E-state index contributed by atoms with van der Waals surface area (Å²) in [6, 6.07) is 16.1. The minimum atomic E-state index is 0.756. The van der Waals surface area contributed by atoms with E-state index in [-0.39, 0.29) is 0 Å². The molecule has 2 N–H and O–H groups in total. The number of fused-ring (bicyclic) bond motifs is 1. The molecule has 0 saturated carbocycles. The van der Waals surface area contributed by atoms with Crippen LogP contribution in [0.15, 0.2) is 42.5 Å². The van der Waals surface area contributed by atoms with Crippen LogP contribution in [0.3, 0.4) is 0 Å². The van der Waals surface area contributed by atoms with Gasteiger partial charge in [-0.2, -0.15) is 5.26 Å². The lowest BCUT2D eigenvalue weighted by Gasteiger charge is -2.20. The van der Waals surface area contributed by atoms with Crippen molar-refractivity contribution in [2.45, 2.75) is 13.0 Å². The highest BCUT2D eigenvalue weighted by Gasteiger charge is 2.19. The molecule has 94 valence electrons. The fourth-order valence-corrected chi connectivity index (χ4v) is 2.63. The van der Waals surface area contributed by atoms with Gasteiger partial charge in [0.1, 0.15) is 0 Å². The Balaban J connectivity index is 1.89.